The molecule has 1 aliphatic heterocycles. The van der Waals surface area contributed by atoms with Crippen molar-refractivity contribution >= 4 is 5.91 Å². The van der Waals surface area contributed by atoms with Crippen LogP contribution < -0.4 is 0 Å². The minimum Gasteiger partial charge on any atom is -0.342 e. The fourth-order valence-corrected chi connectivity index (χ4v) is 2.85. The van der Waals surface area contributed by atoms with E-state index in [-0.39, 0.29) is 0 Å². The van der Waals surface area contributed by atoms with Crippen LogP contribution in [-0.4, -0.2) is 33.9 Å². The number of amides is 1. The maximum absolute atomic E-state index is 12.2. The molecule has 1 aromatic rings. The van der Waals surface area contributed by atoms with Crippen molar-refractivity contribution in [2.45, 2.75) is 45.4 Å². The molecular weight excluding hydrogens is 238 g/mol. The smallest absolute Gasteiger partial charge is 0.222 e. The molecule has 4 heteroatoms. The average molecular weight is 259 g/mol. The molecule has 0 N–H and O–H groups in total. The van der Waals surface area contributed by atoms with E-state index in [1.807, 2.05) is 4.90 Å². The molecule has 1 amide bonds. The van der Waals surface area contributed by atoms with Gasteiger partial charge >= 0.3 is 0 Å². The molecule has 0 saturated heterocycles. The van der Waals surface area contributed by atoms with E-state index >= 15 is 0 Å². The summed E-state index contributed by atoms with van der Waals surface area (Å²) in [6, 6.07) is 0. The summed E-state index contributed by atoms with van der Waals surface area (Å²) in [5.74, 6) is 1.01. The molecule has 0 atom stereocenters. The summed E-state index contributed by atoms with van der Waals surface area (Å²) in [6.45, 7) is 3.78. The number of rotatable bonds is 3. The van der Waals surface area contributed by atoms with E-state index in [0.29, 0.717) is 11.8 Å². The normalized spacial score (nSPS) is 18.9. The Bertz CT molecular complexity index is 482. The molecule has 0 unspecified atom stereocenters. The van der Waals surface area contributed by atoms with Crippen LogP contribution in [0, 0.1) is 5.92 Å². The highest BCUT2D eigenvalue weighted by Crippen LogP contribution is 2.33. The molecule has 0 spiro atoms. The van der Waals surface area contributed by atoms with Gasteiger partial charge in [-0.15, -0.1) is 0 Å². The first kappa shape index (κ1) is 12.6. The Morgan fingerprint density at radius 2 is 2.11 bits per heavy atom. The van der Waals surface area contributed by atoms with E-state index in [2.05, 4.69) is 16.9 Å². The first-order valence-electron chi connectivity index (χ1n) is 7.37. The molecule has 19 heavy (non-hydrogen) atoms. The SMILES string of the molecule is CCc1ncnc2c1CCN(C(=O)CC1CC1)CC2. The summed E-state index contributed by atoms with van der Waals surface area (Å²) in [5.41, 5.74) is 3.58. The third-order valence-corrected chi connectivity index (χ3v) is 4.22. The maximum Gasteiger partial charge on any atom is 0.222 e. The van der Waals surface area contributed by atoms with E-state index in [0.717, 1.165) is 50.2 Å². The lowest BCUT2D eigenvalue weighted by Crippen LogP contribution is -2.33. The Labute approximate surface area is 114 Å². The van der Waals surface area contributed by atoms with Crippen LogP contribution in [0.2, 0.25) is 0 Å². The van der Waals surface area contributed by atoms with Gasteiger partial charge in [0.1, 0.15) is 6.33 Å². The Balaban J connectivity index is 1.71. The van der Waals surface area contributed by atoms with Crippen LogP contribution in [0.5, 0.6) is 0 Å². The minimum absolute atomic E-state index is 0.335. The van der Waals surface area contributed by atoms with Crippen LogP contribution in [-0.2, 0) is 24.1 Å². The lowest BCUT2D eigenvalue weighted by molar-refractivity contribution is -0.131. The number of carbonyl (C=O) groups excluding carboxylic acids is 1. The molecule has 0 aromatic carbocycles. The topological polar surface area (TPSA) is 46.1 Å². The number of carbonyl (C=O) groups is 1. The van der Waals surface area contributed by atoms with Gasteiger partial charge in [-0.25, -0.2) is 9.97 Å². The molecular formula is C15H21N3O. The molecule has 2 aliphatic rings. The van der Waals surface area contributed by atoms with Crippen molar-refractivity contribution in [3.05, 3.63) is 23.3 Å². The molecule has 102 valence electrons. The largest absolute Gasteiger partial charge is 0.342 e. The zero-order chi connectivity index (χ0) is 13.2. The zero-order valence-electron chi connectivity index (χ0n) is 11.6. The van der Waals surface area contributed by atoms with Gasteiger partial charge in [-0.1, -0.05) is 6.92 Å². The number of aromatic nitrogens is 2. The molecule has 1 aromatic heterocycles. The fourth-order valence-electron chi connectivity index (χ4n) is 2.85. The standard InChI is InChI=1S/C15H21N3O/c1-2-13-12-5-7-18(15(19)9-11-3-4-11)8-6-14(12)17-10-16-13/h10-11H,2-9H2,1H3. The van der Waals surface area contributed by atoms with Crippen LogP contribution in [0.3, 0.4) is 0 Å². The van der Waals surface area contributed by atoms with Crippen LogP contribution in [0.25, 0.3) is 0 Å². The van der Waals surface area contributed by atoms with Crippen molar-refractivity contribution in [2.75, 3.05) is 13.1 Å². The van der Waals surface area contributed by atoms with Gasteiger partial charge in [-0.05, 0) is 37.2 Å². The summed E-state index contributed by atoms with van der Waals surface area (Å²) in [4.78, 5) is 23.0. The third-order valence-electron chi connectivity index (χ3n) is 4.22. The molecule has 0 bridgehead atoms. The average Bonchev–Trinajstić information content (AvgIpc) is 3.23. The second-order valence-corrected chi connectivity index (χ2v) is 5.63. The van der Waals surface area contributed by atoms with Gasteiger partial charge < -0.3 is 4.90 Å². The van der Waals surface area contributed by atoms with Crippen molar-refractivity contribution in [1.82, 2.24) is 14.9 Å². The summed E-state index contributed by atoms with van der Waals surface area (Å²) in [6.07, 6.45) is 7.64. The van der Waals surface area contributed by atoms with Gasteiger partial charge in [0.25, 0.3) is 0 Å². The van der Waals surface area contributed by atoms with Gasteiger partial charge in [-0.2, -0.15) is 0 Å². The van der Waals surface area contributed by atoms with Crippen molar-refractivity contribution in [3.63, 3.8) is 0 Å². The minimum atomic E-state index is 0.335. The summed E-state index contributed by atoms with van der Waals surface area (Å²) < 4.78 is 0. The van der Waals surface area contributed by atoms with Gasteiger partial charge in [0.15, 0.2) is 0 Å². The monoisotopic (exact) mass is 259 g/mol. The van der Waals surface area contributed by atoms with Crippen molar-refractivity contribution in [1.29, 1.82) is 0 Å². The van der Waals surface area contributed by atoms with Crippen LogP contribution in [0.15, 0.2) is 6.33 Å². The molecule has 4 nitrogen and oxygen atoms in total. The van der Waals surface area contributed by atoms with Crippen molar-refractivity contribution in [3.8, 4) is 0 Å². The second kappa shape index (κ2) is 5.27. The first-order valence-corrected chi connectivity index (χ1v) is 7.37. The van der Waals surface area contributed by atoms with E-state index in [4.69, 9.17) is 0 Å². The molecule has 1 saturated carbocycles. The molecule has 1 fully saturated rings. The molecule has 3 rings (SSSR count). The molecule has 0 radical (unpaired) electrons. The van der Waals surface area contributed by atoms with Gasteiger partial charge in [0.2, 0.25) is 5.91 Å². The van der Waals surface area contributed by atoms with E-state index in [1.54, 1.807) is 6.33 Å². The highest BCUT2D eigenvalue weighted by molar-refractivity contribution is 5.76. The fraction of sp³-hybridized carbons (Fsp3) is 0.667. The lowest BCUT2D eigenvalue weighted by atomic mass is 10.1. The van der Waals surface area contributed by atoms with Gasteiger partial charge in [-0.3, -0.25) is 4.79 Å². The van der Waals surface area contributed by atoms with Crippen LogP contribution in [0.1, 0.15) is 43.1 Å². The quantitative estimate of drug-likeness (QED) is 0.831. The Morgan fingerprint density at radius 1 is 1.32 bits per heavy atom. The Morgan fingerprint density at radius 3 is 2.84 bits per heavy atom. The summed E-state index contributed by atoms with van der Waals surface area (Å²) >= 11 is 0. The number of nitrogens with zero attached hydrogens (tertiary/aromatic N) is 3. The maximum atomic E-state index is 12.2. The highest BCUT2D eigenvalue weighted by atomic mass is 16.2. The van der Waals surface area contributed by atoms with E-state index < -0.39 is 0 Å². The van der Waals surface area contributed by atoms with Gasteiger partial charge in [0.05, 0.1) is 0 Å². The third kappa shape index (κ3) is 2.77. The first-order chi connectivity index (χ1) is 9.28. The van der Waals surface area contributed by atoms with E-state index in [9.17, 15) is 4.79 Å². The Hall–Kier alpha value is -1.45. The summed E-state index contributed by atoms with van der Waals surface area (Å²) in [5, 5.41) is 0. The second-order valence-electron chi connectivity index (χ2n) is 5.63. The highest BCUT2D eigenvalue weighted by Gasteiger charge is 2.28. The Kier molecular flexibility index (Phi) is 3.49. The number of hydrogen-bond acceptors (Lipinski definition) is 3. The molecule has 1 aliphatic carbocycles. The number of hydrogen-bond donors (Lipinski definition) is 0. The zero-order valence-corrected chi connectivity index (χ0v) is 11.6. The lowest BCUT2D eigenvalue weighted by Gasteiger charge is -2.20. The van der Waals surface area contributed by atoms with Gasteiger partial charge in [0, 0.05) is 37.3 Å². The molecule has 2 heterocycles. The predicted molar refractivity (Wildman–Crippen MR) is 72.7 cm³/mol. The summed E-state index contributed by atoms with van der Waals surface area (Å²) in [7, 11) is 0. The number of aryl methyl sites for hydroxylation is 1. The van der Waals surface area contributed by atoms with E-state index in [1.165, 1.54) is 18.4 Å². The van der Waals surface area contributed by atoms with Crippen molar-refractivity contribution in [2.24, 2.45) is 5.92 Å². The van der Waals surface area contributed by atoms with Crippen LogP contribution >= 0.6 is 0 Å². The van der Waals surface area contributed by atoms with Crippen LogP contribution in [0.4, 0.5) is 0 Å². The number of fused-ring (bicyclic) bond motifs is 1. The van der Waals surface area contributed by atoms with Crippen molar-refractivity contribution < 1.29 is 4.79 Å². The predicted octanol–water partition coefficient (Wildman–Crippen LogP) is 1.77.